The van der Waals surface area contributed by atoms with Gasteiger partial charge in [-0.15, -0.1) is 11.3 Å². The predicted molar refractivity (Wildman–Crippen MR) is 61.1 cm³/mol. The summed E-state index contributed by atoms with van der Waals surface area (Å²) in [6.07, 6.45) is 4.40. The van der Waals surface area contributed by atoms with E-state index in [1.165, 1.54) is 11.3 Å². The molecule has 1 saturated carbocycles. The number of hydrogen-bond donors (Lipinski definition) is 1. The molecule has 0 aliphatic heterocycles. The lowest BCUT2D eigenvalue weighted by Crippen LogP contribution is -2.36. The van der Waals surface area contributed by atoms with Crippen molar-refractivity contribution < 1.29 is 4.79 Å². The van der Waals surface area contributed by atoms with Gasteiger partial charge in [0.1, 0.15) is 4.88 Å². The molecule has 5 heteroatoms. The van der Waals surface area contributed by atoms with Crippen LogP contribution in [0.25, 0.3) is 0 Å². The molecule has 1 fully saturated rings. The molecule has 1 N–H and O–H groups in total. The Morgan fingerprint density at radius 3 is 3.12 bits per heavy atom. The van der Waals surface area contributed by atoms with E-state index in [9.17, 15) is 4.79 Å². The number of nitriles is 1. The Morgan fingerprint density at radius 2 is 2.50 bits per heavy atom. The summed E-state index contributed by atoms with van der Waals surface area (Å²) in [5.41, 5.74) is 0. The molecule has 84 valence electrons. The van der Waals surface area contributed by atoms with Crippen molar-refractivity contribution in [2.75, 3.05) is 0 Å². The summed E-state index contributed by atoms with van der Waals surface area (Å²) < 4.78 is 0. The van der Waals surface area contributed by atoms with Gasteiger partial charge in [0.25, 0.3) is 5.91 Å². The second-order valence-corrected chi connectivity index (χ2v) is 5.22. The van der Waals surface area contributed by atoms with Crippen molar-refractivity contribution in [1.82, 2.24) is 10.3 Å². The van der Waals surface area contributed by atoms with Crippen LogP contribution in [0.15, 0.2) is 6.20 Å². The summed E-state index contributed by atoms with van der Waals surface area (Å²) in [7, 11) is 0. The van der Waals surface area contributed by atoms with E-state index in [-0.39, 0.29) is 17.9 Å². The minimum absolute atomic E-state index is 0.0138. The van der Waals surface area contributed by atoms with Crippen LogP contribution >= 0.6 is 11.3 Å². The number of hydrogen-bond acceptors (Lipinski definition) is 4. The number of thiazole rings is 1. The number of amides is 1. The van der Waals surface area contributed by atoms with Crippen LogP contribution in [-0.4, -0.2) is 16.9 Å². The minimum atomic E-state index is -0.0993. The Bertz CT molecular complexity index is 435. The Labute approximate surface area is 98.3 Å². The lowest BCUT2D eigenvalue weighted by Gasteiger charge is -2.14. The fraction of sp³-hybridized carbons (Fsp3) is 0.545. The number of nitrogens with one attached hydrogen (secondary N) is 1. The van der Waals surface area contributed by atoms with Gasteiger partial charge < -0.3 is 5.32 Å². The van der Waals surface area contributed by atoms with E-state index in [1.54, 1.807) is 6.20 Å². The third-order valence-electron chi connectivity index (χ3n) is 2.84. The third kappa shape index (κ3) is 2.22. The molecule has 1 heterocycles. The predicted octanol–water partition coefficient (Wildman–Crippen LogP) is 1.87. The molecule has 0 bridgehead atoms. The molecule has 2 rings (SSSR count). The van der Waals surface area contributed by atoms with Gasteiger partial charge in [-0.2, -0.15) is 5.26 Å². The fourth-order valence-corrected chi connectivity index (χ4v) is 2.67. The number of nitrogens with zero attached hydrogens (tertiary/aromatic N) is 2. The van der Waals surface area contributed by atoms with Crippen molar-refractivity contribution in [1.29, 1.82) is 5.26 Å². The molecule has 0 aromatic carbocycles. The summed E-state index contributed by atoms with van der Waals surface area (Å²) in [5.74, 6) is -0.129. The van der Waals surface area contributed by atoms with Crippen LogP contribution in [0.4, 0.5) is 0 Å². The average molecular weight is 235 g/mol. The molecular formula is C11H13N3OS. The Hall–Kier alpha value is -1.41. The van der Waals surface area contributed by atoms with Crippen LogP contribution in [-0.2, 0) is 0 Å². The van der Waals surface area contributed by atoms with Crippen LogP contribution in [0.5, 0.6) is 0 Å². The standard InChI is InChI=1S/C11H13N3OS/c1-7-13-6-10(16-7)11(15)14-9-4-2-3-8(9)5-12/h6,8-9H,2-4H2,1H3,(H,14,15). The summed E-state index contributed by atoms with van der Waals surface area (Å²) >= 11 is 1.38. The van der Waals surface area contributed by atoms with Gasteiger partial charge in [-0.05, 0) is 26.2 Å². The number of aromatic nitrogens is 1. The normalized spacial score (nSPS) is 24.0. The zero-order valence-electron chi connectivity index (χ0n) is 9.06. The monoisotopic (exact) mass is 235 g/mol. The highest BCUT2D eigenvalue weighted by molar-refractivity contribution is 7.13. The highest BCUT2D eigenvalue weighted by Crippen LogP contribution is 2.25. The largest absolute Gasteiger partial charge is 0.347 e. The molecule has 1 aromatic rings. The van der Waals surface area contributed by atoms with Crippen molar-refractivity contribution in [3.8, 4) is 6.07 Å². The van der Waals surface area contributed by atoms with Crippen LogP contribution in [0.3, 0.4) is 0 Å². The highest BCUT2D eigenvalue weighted by Gasteiger charge is 2.28. The van der Waals surface area contributed by atoms with Gasteiger partial charge >= 0.3 is 0 Å². The molecule has 16 heavy (non-hydrogen) atoms. The van der Waals surface area contributed by atoms with Gasteiger partial charge in [0.15, 0.2) is 0 Å². The lowest BCUT2D eigenvalue weighted by atomic mass is 10.1. The molecule has 1 aromatic heterocycles. The zero-order chi connectivity index (χ0) is 11.5. The lowest BCUT2D eigenvalue weighted by molar-refractivity contribution is 0.0937. The quantitative estimate of drug-likeness (QED) is 0.851. The summed E-state index contributed by atoms with van der Waals surface area (Å²) in [4.78, 5) is 16.5. The van der Waals surface area contributed by atoms with Gasteiger partial charge in [0.2, 0.25) is 0 Å². The van der Waals surface area contributed by atoms with Crippen LogP contribution in [0.1, 0.15) is 33.9 Å². The first-order valence-corrected chi connectivity index (χ1v) is 6.15. The first kappa shape index (κ1) is 11.1. The Kier molecular flexibility index (Phi) is 3.20. The third-order valence-corrected chi connectivity index (χ3v) is 3.75. The molecular weight excluding hydrogens is 222 g/mol. The van der Waals surface area contributed by atoms with E-state index in [0.29, 0.717) is 4.88 Å². The number of carbonyl (C=O) groups excluding carboxylic acids is 1. The second kappa shape index (κ2) is 4.62. The summed E-state index contributed by atoms with van der Waals surface area (Å²) in [6.45, 7) is 1.87. The fourth-order valence-electron chi connectivity index (χ4n) is 1.99. The van der Waals surface area contributed by atoms with Gasteiger partial charge in [0, 0.05) is 6.04 Å². The maximum Gasteiger partial charge on any atom is 0.263 e. The van der Waals surface area contributed by atoms with Gasteiger partial charge in [-0.1, -0.05) is 0 Å². The molecule has 2 unspecified atom stereocenters. The Morgan fingerprint density at radius 1 is 1.69 bits per heavy atom. The van der Waals surface area contributed by atoms with Crippen molar-refractivity contribution in [2.45, 2.75) is 32.2 Å². The molecule has 1 aliphatic carbocycles. The smallest absolute Gasteiger partial charge is 0.263 e. The molecule has 1 aliphatic rings. The molecule has 4 nitrogen and oxygen atoms in total. The zero-order valence-corrected chi connectivity index (χ0v) is 9.88. The minimum Gasteiger partial charge on any atom is -0.347 e. The van der Waals surface area contributed by atoms with E-state index < -0.39 is 0 Å². The van der Waals surface area contributed by atoms with Crippen molar-refractivity contribution in [3.63, 3.8) is 0 Å². The van der Waals surface area contributed by atoms with Crippen molar-refractivity contribution in [2.24, 2.45) is 5.92 Å². The van der Waals surface area contributed by atoms with E-state index in [1.807, 2.05) is 6.92 Å². The SMILES string of the molecule is Cc1ncc(C(=O)NC2CCCC2C#N)s1. The van der Waals surface area contributed by atoms with Crippen LogP contribution in [0.2, 0.25) is 0 Å². The molecule has 0 saturated heterocycles. The van der Waals surface area contributed by atoms with Crippen LogP contribution < -0.4 is 5.32 Å². The average Bonchev–Trinajstić information content (AvgIpc) is 2.86. The first-order chi connectivity index (χ1) is 7.70. The van der Waals surface area contributed by atoms with E-state index >= 15 is 0 Å². The second-order valence-electron chi connectivity index (χ2n) is 3.99. The van der Waals surface area contributed by atoms with Crippen molar-refractivity contribution in [3.05, 3.63) is 16.1 Å². The number of rotatable bonds is 2. The van der Waals surface area contributed by atoms with E-state index in [0.717, 1.165) is 24.3 Å². The van der Waals surface area contributed by atoms with Gasteiger partial charge in [0.05, 0.1) is 23.2 Å². The van der Waals surface area contributed by atoms with E-state index in [2.05, 4.69) is 16.4 Å². The molecule has 2 atom stereocenters. The van der Waals surface area contributed by atoms with E-state index in [4.69, 9.17) is 5.26 Å². The Balaban J connectivity index is 2.00. The number of carbonyl (C=O) groups is 1. The van der Waals surface area contributed by atoms with Gasteiger partial charge in [-0.3, -0.25) is 4.79 Å². The number of aryl methyl sites for hydroxylation is 1. The maximum absolute atomic E-state index is 11.8. The summed E-state index contributed by atoms with van der Waals surface area (Å²) in [5, 5.41) is 12.7. The molecule has 1 amide bonds. The van der Waals surface area contributed by atoms with Crippen LogP contribution in [0, 0.1) is 24.2 Å². The van der Waals surface area contributed by atoms with Crippen molar-refractivity contribution >= 4 is 17.2 Å². The highest BCUT2D eigenvalue weighted by atomic mass is 32.1. The molecule has 0 radical (unpaired) electrons. The van der Waals surface area contributed by atoms with Gasteiger partial charge in [-0.25, -0.2) is 4.98 Å². The maximum atomic E-state index is 11.8. The molecule has 0 spiro atoms. The topological polar surface area (TPSA) is 65.8 Å². The summed E-state index contributed by atoms with van der Waals surface area (Å²) in [6, 6.07) is 2.26. The first-order valence-electron chi connectivity index (χ1n) is 5.33.